The van der Waals surface area contributed by atoms with E-state index in [0.29, 0.717) is 0 Å². The minimum atomic E-state index is -0.0733. The molecule has 8 heteroatoms. The second-order valence-electron chi connectivity index (χ2n) is 5.82. The molecule has 2 amide bonds. The fourth-order valence-corrected chi connectivity index (χ4v) is 2.86. The summed E-state index contributed by atoms with van der Waals surface area (Å²) in [5, 5.41) is 8.03. The molecule has 1 N–H and O–H groups in total. The number of aromatic nitrogens is 3. The number of carbonyl (C=O) groups excluding carboxylic acids is 1. The molecule has 0 spiro atoms. The molecule has 0 bridgehead atoms. The van der Waals surface area contributed by atoms with E-state index < -0.39 is 0 Å². The maximum atomic E-state index is 12.5. The Labute approximate surface area is 141 Å². The predicted octanol–water partition coefficient (Wildman–Crippen LogP) is 1.15. The number of pyridine rings is 1. The number of ether oxygens (including phenoxy) is 1. The van der Waals surface area contributed by atoms with Crippen LogP contribution in [0.3, 0.4) is 0 Å². The summed E-state index contributed by atoms with van der Waals surface area (Å²) in [4.78, 5) is 21.0. The number of aryl methyl sites for hydroxylation is 1. The normalized spacial score (nSPS) is 15.8. The second-order valence-corrected chi connectivity index (χ2v) is 5.82. The molecule has 1 aliphatic heterocycles. The van der Waals surface area contributed by atoms with Gasteiger partial charge in [-0.3, -0.25) is 9.58 Å². The summed E-state index contributed by atoms with van der Waals surface area (Å²) in [6.45, 7) is 7.61. The number of rotatable bonds is 5. The van der Waals surface area contributed by atoms with Gasteiger partial charge in [-0.2, -0.15) is 5.10 Å². The summed E-state index contributed by atoms with van der Waals surface area (Å²) in [5.41, 5.74) is 1.51. The van der Waals surface area contributed by atoms with Crippen LogP contribution in [0.4, 0.5) is 10.5 Å². The molecule has 1 aliphatic rings. The molecule has 0 aliphatic carbocycles. The SMILES string of the molecule is CCOCCN1CCN(C(=O)Nc2ccnc3c2cnn3C)CC1. The number of fused-ring (bicyclic) bond motifs is 1. The lowest BCUT2D eigenvalue weighted by Gasteiger charge is -2.34. The third kappa shape index (κ3) is 3.65. The molecule has 0 aromatic carbocycles. The third-order valence-electron chi connectivity index (χ3n) is 4.29. The van der Waals surface area contributed by atoms with E-state index in [4.69, 9.17) is 4.74 Å². The van der Waals surface area contributed by atoms with E-state index in [2.05, 4.69) is 20.3 Å². The van der Waals surface area contributed by atoms with Crippen molar-refractivity contribution in [3.05, 3.63) is 18.5 Å². The van der Waals surface area contributed by atoms with Crippen LogP contribution in [0.5, 0.6) is 0 Å². The zero-order valence-corrected chi connectivity index (χ0v) is 14.2. The van der Waals surface area contributed by atoms with Crippen molar-refractivity contribution in [3.8, 4) is 0 Å². The lowest BCUT2D eigenvalue weighted by molar-refractivity contribution is 0.0901. The first-order valence-corrected chi connectivity index (χ1v) is 8.31. The average molecular weight is 332 g/mol. The molecule has 0 atom stereocenters. The summed E-state index contributed by atoms with van der Waals surface area (Å²) in [5.74, 6) is 0. The Bertz CT molecular complexity index is 693. The standard InChI is InChI=1S/C16H24N6O2/c1-3-24-11-10-21-6-8-22(9-7-21)16(23)19-14-4-5-17-15-13(14)12-18-20(15)2/h4-5,12H,3,6-11H2,1-2H3,(H,17,19,23). The quantitative estimate of drug-likeness (QED) is 0.832. The van der Waals surface area contributed by atoms with Gasteiger partial charge >= 0.3 is 6.03 Å². The van der Waals surface area contributed by atoms with Crippen LogP contribution in [-0.4, -0.2) is 76.5 Å². The first-order chi connectivity index (χ1) is 11.7. The van der Waals surface area contributed by atoms with Crippen LogP contribution in [0.2, 0.25) is 0 Å². The van der Waals surface area contributed by atoms with Gasteiger partial charge in [-0.25, -0.2) is 9.78 Å². The van der Waals surface area contributed by atoms with Gasteiger partial charge in [-0.1, -0.05) is 0 Å². The zero-order valence-electron chi connectivity index (χ0n) is 14.2. The number of hydrogen-bond acceptors (Lipinski definition) is 5. The van der Waals surface area contributed by atoms with E-state index in [1.165, 1.54) is 0 Å². The Hall–Kier alpha value is -2.19. The second kappa shape index (κ2) is 7.59. The summed E-state index contributed by atoms with van der Waals surface area (Å²) >= 11 is 0. The number of piperazine rings is 1. The van der Waals surface area contributed by atoms with Crippen LogP contribution in [-0.2, 0) is 11.8 Å². The van der Waals surface area contributed by atoms with Gasteiger partial charge in [0.25, 0.3) is 0 Å². The molecule has 130 valence electrons. The van der Waals surface area contributed by atoms with E-state index in [9.17, 15) is 4.79 Å². The highest BCUT2D eigenvalue weighted by Gasteiger charge is 2.21. The lowest BCUT2D eigenvalue weighted by Crippen LogP contribution is -2.50. The highest BCUT2D eigenvalue weighted by atomic mass is 16.5. The minimum Gasteiger partial charge on any atom is -0.380 e. The molecular weight excluding hydrogens is 308 g/mol. The third-order valence-corrected chi connectivity index (χ3v) is 4.29. The largest absolute Gasteiger partial charge is 0.380 e. The summed E-state index contributed by atoms with van der Waals surface area (Å²) < 4.78 is 7.08. The van der Waals surface area contributed by atoms with Gasteiger partial charge in [-0.15, -0.1) is 0 Å². The fraction of sp³-hybridized carbons (Fsp3) is 0.562. The Morgan fingerprint density at radius 2 is 2.12 bits per heavy atom. The first kappa shape index (κ1) is 16.7. The number of urea groups is 1. The number of nitrogens with one attached hydrogen (secondary N) is 1. The van der Waals surface area contributed by atoms with Crippen molar-refractivity contribution < 1.29 is 9.53 Å². The molecule has 1 saturated heterocycles. The monoisotopic (exact) mass is 332 g/mol. The van der Waals surface area contributed by atoms with Crippen molar-refractivity contribution >= 4 is 22.8 Å². The minimum absolute atomic E-state index is 0.0733. The molecule has 2 aromatic heterocycles. The molecule has 8 nitrogen and oxygen atoms in total. The van der Waals surface area contributed by atoms with Gasteiger partial charge in [-0.05, 0) is 13.0 Å². The molecule has 2 aromatic rings. The maximum absolute atomic E-state index is 12.5. The molecule has 3 heterocycles. The van der Waals surface area contributed by atoms with Crippen LogP contribution in [0.25, 0.3) is 11.0 Å². The molecule has 1 fully saturated rings. The van der Waals surface area contributed by atoms with Gasteiger partial charge in [0.05, 0.1) is 23.9 Å². The average Bonchev–Trinajstić information content (AvgIpc) is 2.98. The Morgan fingerprint density at radius 3 is 2.88 bits per heavy atom. The number of carbonyl (C=O) groups is 1. The molecule has 0 unspecified atom stereocenters. The van der Waals surface area contributed by atoms with Crippen LogP contribution < -0.4 is 5.32 Å². The van der Waals surface area contributed by atoms with Crippen LogP contribution in [0, 0.1) is 0 Å². The molecule has 0 saturated carbocycles. The van der Waals surface area contributed by atoms with Crippen LogP contribution in [0.1, 0.15) is 6.92 Å². The topological polar surface area (TPSA) is 75.5 Å². The molecular formula is C16H24N6O2. The van der Waals surface area contributed by atoms with Crippen molar-refractivity contribution in [3.63, 3.8) is 0 Å². The number of hydrogen-bond donors (Lipinski definition) is 1. The van der Waals surface area contributed by atoms with E-state index in [-0.39, 0.29) is 6.03 Å². The van der Waals surface area contributed by atoms with E-state index in [1.54, 1.807) is 23.1 Å². The van der Waals surface area contributed by atoms with Gasteiger partial charge in [0.1, 0.15) is 0 Å². The highest BCUT2D eigenvalue weighted by Crippen LogP contribution is 2.21. The van der Waals surface area contributed by atoms with E-state index in [1.807, 2.05) is 18.9 Å². The number of anilines is 1. The van der Waals surface area contributed by atoms with E-state index in [0.717, 1.165) is 62.7 Å². The van der Waals surface area contributed by atoms with Crippen molar-refractivity contribution in [2.24, 2.45) is 7.05 Å². The zero-order chi connectivity index (χ0) is 16.9. The van der Waals surface area contributed by atoms with Gasteiger partial charge < -0.3 is 15.0 Å². The van der Waals surface area contributed by atoms with Gasteiger partial charge in [0, 0.05) is 52.6 Å². The first-order valence-electron chi connectivity index (χ1n) is 8.31. The summed E-state index contributed by atoms with van der Waals surface area (Å²) in [7, 11) is 1.84. The van der Waals surface area contributed by atoms with Crippen molar-refractivity contribution in [2.45, 2.75) is 6.92 Å². The summed E-state index contributed by atoms with van der Waals surface area (Å²) in [6.07, 6.45) is 3.41. The van der Waals surface area contributed by atoms with Gasteiger partial charge in [0.15, 0.2) is 5.65 Å². The van der Waals surface area contributed by atoms with E-state index >= 15 is 0 Å². The van der Waals surface area contributed by atoms with Crippen LogP contribution in [0.15, 0.2) is 18.5 Å². The maximum Gasteiger partial charge on any atom is 0.321 e. The van der Waals surface area contributed by atoms with Crippen molar-refractivity contribution in [1.29, 1.82) is 0 Å². The van der Waals surface area contributed by atoms with Gasteiger partial charge in [0.2, 0.25) is 0 Å². The van der Waals surface area contributed by atoms with Crippen molar-refractivity contribution in [1.82, 2.24) is 24.6 Å². The number of nitrogens with zero attached hydrogens (tertiary/aromatic N) is 5. The Balaban J connectivity index is 1.56. The molecule has 24 heavy (non-hydrogen) atoms. The smallest absolute Gasteiger partial charge is 0.321 e. The number of amides is 2. The Morgan fingerprint density at radius 1 is 1.33 bits per heavy atom. The fourth-order valence-electron chi connectivity index (χ4n) is 2.86. The highest BCUT2D eigenvalue weighted by molar-refractivity contribution is 5.99. The Kier molecular flexibility index (Phi) is 5.27. The molecule has 0 radical (unpaired) electrons. The predicted molar refractivity (Wildman–Crippen MR) is 92.0 cm³/mol. The lowest BCUT2D eigenvalue weighted by atomic mass is 10.3. The summed E-state index contributed by atoms with van der Waals surface area (Å²) in [6, 6.07) is 1.73. The van der Waals surface area contributed by atoms with Crippen LogP contribution >= 0.6 is 0 Å². The molecule has 3 rings (SSSR count). The van der Waals surface area contributed by atoms with Crippen molar-refractivity contribution in [2.75, 3.05) is 51.3 Å².